The monoisotopic (exact) mass is 555 g/mol. The molecular weight excluding hydrogens is 518 g/mol. The minimum Gasteiger partial charge on any atom is -0.445 e. The van der Waals surface area contributed by atoms with Crippen LogP contribution in [0.1, 0.15) is 66.7 Å². The fourth-order valence-electron chi connectivity index (χ4n) is 7.62. The molecule has 2 heterocycles. The van der Waals surface area contributed by atoms with E-state index in [0.29, 0.717) is 42.4 Å². The number of aliphatic hydroxyl groups is 1. The highest BCUT2D eigenvalue weighted by atomic mass is 35.5. The van der Waals surface area contributed by atoms with Gasteiger partial charge in [-0.3, -0.25) is 9.48 Å². The third kappa shape index (κ3) is 5.54. The molecule has 2 unspecified atom stereocenters. The lowest BCUT2D eigenvalue weighted by molar-refractivity contribution is -0.136. The predicted octanol–water partition coefficient (Wildman–Crippen LogP) is 3.63. The molecule has 4 aliphatic carbocycles. The van der Waals surface area contributed by atoms with Crippen molar-refractivity contribution < 1.29 is 19.4 Å². The van der Waals surface area contributed by atoms with Gasteiger partial charge in [0.25, 0.3) is 5.91 Å². The van der Waals surface area contributed by atoms with E-state index in [1.807, 2.05) is 37.4 Å². The summed E-state index contributed by atoms with van der Waals surface area (Å²) in [4.78, 5) is 27.5. The first-order valence-corrected chi connectivity index (χ1v) is 14.6. The molecule has 7 rings (SSSR count). The van der Waals surface area contributed by atoms with Gasteiger partial charge in [-0.2, -0.15) is 5.10 Å². The van der Waals surface area contributed by atoms with E-state index >= 15 is 0 Å². The van der Waals surface area contributed by atoms with Crippen LogP contribution < -0.4 is 10.6 Å². The third-order valence-corrected chi connectivity index (χ3v) is 9.77. The number of hydrogen-bond donors (Lipinski definition) is 3. The summed E-state index contributed by atoms with van der Waals surface area (Å²) in [5.41, 5.74) is 1.48. The number of hydrogen-bond acceptors (Lipinski definition) is 6. The van der Waals surface area contributed by atoms with Crippen molar-refractivity contribution in [2.75, 3.05) is 13.1 Å². The van der Waals surface area contributed by atoms with Gasteiger partial charge in [0.1, 0.15) is 6.61 Å². The van der Waals surface area contributed by atoms with Crippen LogP contribution >= 0.6 is 11.6 Å². The maximum Gasteiger partial charge on any atom is 0.410 e. The predicted molar refractivity (Wildman–Crippen MR) is 146 cm³/mol. The average Bonchev–Trinajstić information content (AvgIpc) is 3.21. The Labute approximate surface area is 234 Å². The van der Waals surface area contributed by atoms with Gasteiger partial charge in [-0.05, 0) is 68.3 Å². The smallest absolute Gasteiger partial charge is 0.410 e. The number of piperidine rings is 1. The molecule has 3 N–H and O–H groups in total. The number of halogens is 1. The molecule has 1 saturated heterocycles. The van der Waals surface area contributed by atoms with E-state index in [2.05, 4.69) is 15.7 Å². The second-order valence-electron chi connectivity index (χ2n) is 12.1. The van der Waals surface area contributed by atoms with Gasteiger partial charge in [0, 0.05) is 38.8 Å². The SMILES string of the molecule is Cn1nc(C(=O)NC2C3CC4CC2CC(O)(C4)C3)c(Cl)c1CNC1CCN(C(=O)OCc2ccccc2)CC1. The first-order valence-electron chi connectivity index (χ1n) is 14.2. The molecule has 1 aromatic heterocycles. The highest BCUT2D eigenvalue weighted by molar-refractivity contribution is 6.34. The van der Waals surface area contributed by atoms with Crippen molar-refractivity contribution >= 4 is 23.6 Å². The van der Waals surface area contributed by atoms with E-state index in [1.165, 1.54) is 0 Å². The van der Waals surface area contributed by atoms with Gasteiger partial charge in [-0.15, -0.1) is 0 Å². The third-order valence-electron chi connectivity index (χ3n) is 9.37. The van der Waals surface area contributed by atoms with Gasteiger partial charge in [0.2, 0.25) is 0 Å². The molecule has 1 aromatic carbocycles. The Morgan fingerprint density at radius 3 is 2.49 bits per heavy atom. The Morgan fingerprint density at radius 2 is 1.82 bits per heavy atom. The molecular formula is C29H38ClN5O4. The molecule has 1 aliphatic heterocycles. The molecule has 10 heteroatoms. The van der Waals surface area contributed by atoms with Crippen molar-refractivity contribution in [2.24, 2.45) is 24.8 Å². The van der Waals surface area contributed by atoms with Crippen LogP contribution in [0.4, 0.5) is 4.79 Å². The number of nitrogens with zero attached hydrogens (tertiary/aromatic N) is 3. The zero-order valence-corrected chi connectivity index (χ0v) is 23.2. The lowest BCUT2D eigenvalue weighted by Gasteiger charge is -2.58. The second-order valence-corrected chi connectivity index (χ2v) is 12.5. The van der Waals surface area contributed by atoms with E-state index in [9.17, 15) is 14.7 Å². The summed E-state index contributed by atoms with van der Waals surface area (Å²) in [6.45, 7) is 2.01. The summed E-state index contributed by atoms with van der Waals surface area (Å²) in [7, 11) is 1.81. The number of carbonyl (C=O) groups is 2. The minimum atomic E-state index is -0.530. The summed E-state index contributed by atoms with van der Waals surface area (Å²) in [6.07, 6.45) is 5.97. The number of amides is 2. The van der Waals surface area contributed by atoms with Crippen molar-refractivity contribution in [3.8, 4) is 0 Å². The van der Waals surface area contributed by atoms with Crippen LogP contribution in [0.3, 0.4) is 0 Å². The van der Waals surface area contributed by atoms with Crippen molar-refractivity contribution in [3.63, 3.8) is 0 Å². The first-order chi connectivity index (χ1) is 18.8. The molecule has 0 radical (unpaired) electrons. The molecule has 39 heavy (non-hydrogen) atoms. The summed E-state index contributed by atoms with van der Waals surface area (Å²) in [5.74, 6) is 1.02. The Kier molecular flexibility index (Phi) is 7.33. The average molecular weight is 556 g/mol. The van der Waals surface area contributed by atoms with Crippen LogP contribution in [0.2, 0.25) is 5.02 Å². The number of ether oxygens (including phenoxy) is 1. The summed E-state index contributed by atoms with van der Waals surface area (Å²) < 4.78 is 7.15. The van der Waals surface area contributed by atoms with E-state index in [-0.39, 0.29) is 36.4 Å². The maximum atomic E-state index is 13.2. The fraction of sp³-hybridized carbons (Fsp3) is 0.621. The number of aryl methyl sites for hydroxylation is 1. The number of carbonyl (C=O) groups excluding carboxylic acids is 2. The van der Waals surface area contributed by atoms with Gasteiger partial charge in [0.05, 0.1) is 16.3 Å². The highest BCUT2D eigenvalue weighted by Gasteiger charge is 2.55. The summed E-state index contributed by atoms with van der Waals surface area (Å²) >= 11 is 6.69. The molecule has 5 fully saturated rings. The standard InChI is InChI=1S/C29H38ClN5O4/c1-34-23(16-31-22-7-9-35(10-8-22)28(37)39-17-18-5-3-2-4-6-18)24(30)26(33-34)27(36)32-25-20-11-19-12-21(25)15-29(38,13-19)14-20/h2-6,19-22,25,31,38H,7-17H2,1H3,(H,32,36). The maximum absolute atomic E-state index is 13.2. The van der Waals surface area contributed by atoms with Crippen molar-refractivity contribution in [1.82, 2.24) is 25.3 Å². The molecule has 5 aliphatic rings. The van der Waals surface area contributed by atoms with E-state index in [4.69, 9.17) is 16.3 Å². The van der Waals surface area contributed by atoms with Crippen molar-refractivity contribution in [1.29, 1.82) is 0 Å². The second kappa shape index (κ2) is 10.7. The number of rotatable bonds is 7. The lowest BCUT2D eigenvalue weighted by Crippen LogP contribution is -2.61. The Morgan fingerprint density at radius 1 is 1.13 bits per heavy atom. The Hall–Kier alpha value is -2.62. The van der Waals surface area contributed by atoms with E-state index in [1.54, 1.807) is 9.58 Å². The van der Waals surface area contributed by atoms with Crippen LogP contribution in [0.5, 0.6) is 0 Å². The van der Waals surface area contributed by atoms with Crippen LogP contribution in [0.15, 0.2) is 30.3 Å². The molecule has 4 saturated carbocycles. The summed E-state index contributed by atoms with van der Waals surface area (Å²) in [5, 5.41) is 22.5. The Bertz CT molecular complexity index is 1200. The molecule has 210 valence electrons. The van der Waals surface area contributed by atoms with Gasteiger partial charge in [0.15, 0.2) is 5.69 Å². The molecule has 4 bridgehead atoms. The largest absolute Gasteiger partial charge is 0.445 e. The molecule has 9 nitrogen and oxygen atoms in total. The van der Waals surface area contributed by atoms with Gasteiger partial charge in [-0.1, -0.05) is 41.9 Å². The van der Waals surface area contributed by atoms with E-state index < -0.39 is 5.60 Å². The number of benzene rings is 1. The zero-order chi connectivity index (χ0) is 27.1. The van der Waals surface area contributed by atoms with Crippen molar-refractivity contribution in [2.45, 2.75) is 75.8 Å². The molecule has 2 aromatic rings. The quantitative estimate of drug-likeness (QED) is 0.481. The first kappa shape index (κ1) is 26.6. The lowest BCUT2D eigenvalue weighted by atomic mass is 9.52. The van der Waals surface area contributed by atoms with Gasteiger partial charge >= 0.3 is 6.09 Å². The minimum absolute atomic E-state index is 0.0820. The molecule has 2 amide bonds. The zero-order valence-electron chi connectivity index (χ0n) is 22.4. The van der Waals surface area contributed by atoms with Crippen LogP contribution in [0.25, 0.3) is 0 Å². The number of nitrogens with one attached hydrogen (secondary N) is 2. The normalized spacial score (nSPS) is 30.0. The summed E-state index contributed by atoms with van der Waals surface area (Å²) in [6, 6.07) is 9.99. The Balaban J connectivity index is 0.990. The highest BCUT2D eigenvalue weighted by Crippen LogP contribution is 2.55. The van der Waals surface area contributed by atoms with Crippen LogP contribution in [-0.4, -0.2) is 62.6 Å². The molecule has 0 spiro atoms. The number of likely N-dealkylation sites (tertiary alicyclic amines) is 1. The van der Waals surface area contributed by atoms with Crippen molar-refractivity contribution in [3.05, 3.63) is 52.3 Å². The van der Waals surface area contributed by atoms with E-state index in [0.717, 1.165) is 56.2 Å². The van der Waals surface area contributed by atoms with Crippen LogP contribution in [-0.2, 0) is 24.9 Å². The van der Waals surface area contributed by atoms with Gasteiger partial charge in [-0.25, -0.2) is 4.79 Å². The topological polar surface area (TPSA) is 109 Å². The van der Waals surface area contributed by atoms with Crippen LogP contribution in [0, 0.1) is 17.8 Å². The number of aromatic nitrogens is 2. The van der Waals surface area contributed by atoms with Gasteiger partial charge < -0.3 is 25.4 Å². The molecule has 2 atom stereocenters. The fourth-order valence-corrected chi connectivity index (χ4v) is 7.94.